The summed E-state index contributed by atoms with van der Waals surface area (Å²) in [7, 11) is 0. The van der Waals surface area contributed by atoms with Gasteiger partial charge in [-0.05, 0) is 37.1 Å². The minimum absolute atomic E-state index is 0.163. The second-order valence-corrected chi connectivity index (χ2v) is 4.07. The molecule has 0 spiro atoms. The number of anilines is 1. The summed E-state index contributed by atoms with van der Waals surface area (Å²) >= 11 is 0. The van der Waals surface area contributed by atoms with Crippen molar-refractivity contribution in [2.75, 3.05) is 11.9 Å². The topological polar surface area (TPSA) is 68.8 Å². The molecule has 1 aromatic rings. The van der Waals surface area contributed by atoms with Crippen LogP contribution in [0.4, 0.5) is 5.69 Å². The van der Waals surface area contributed by atoms with E-state index in [1.807, 2.05) is 18.2 Å². The van der Waals surface area contributed by atoms with Crippen molar-refractivity contribution in [1.29, 1.82) is 10.5 Å². The molecule has 0 saturated carbocycles. The highest BCUT2D eigenvalue weighted by molar-refractivity contribution is 5.56. The smallest absolute Gasteiger partial charge is 0.115 e. The number of rotatable bonds is 3. The van der Waals surface area contributed by atoms with E-state index in [0.717, 1.165) is 18.5 Å². The highest BCUT2D eigenvalue weighted by Crippen LogP contribution is 2.16. The zero-order chi connectivity index (χ0) is 12.8. The van der Waals surface area contributed by atoms with E-state index in [4.69, 9.17) is 15.3 Å². The Morgan fingerprint density at radius 2 is 2.11 bits per heavy atom. The van der Waals surface area contributed by atoms with Crippen LogP contribution in [0.25, 0.3) is 0 Å². The van der Waals surface area contributed by atoms with Crippen LogP contribution < -0.4 is 5.32 Å². The molecule has 1 heterocycles. The molecule has 18 heavy (non-hydrogen) atoms. The average molecular weight is 239 g/mol. The van der Waals surface area contributed by atoms with Gasteiger partial charge in [-0.1, -0.05) is 0 Å². The van der Waals surface area contributed by atoms with E-state index in [1.54, 1.807) is 24.5 Å². The fraction of sp³-hybridized carbons (Fsp3) is 0.286. The van der Waals surface area contributed by atoms with E-state index < -0.39 is 0 Å². The third kappa shape index (κ3) is 2.81. The maximum absolute atomic E-state index is 8.93. The number of nitrogens with one attached hydrogen (secondary N) is 1. The van der Waals surface area contributed by atoms with Crippen LogP contribution in [0.3, 0.4) is 0 Å². The molecule has 0 aliphatic carbocycles. The molecule has 1 unspecified atom stereocenters. The normalized spacial score (nSPS) is 17.3. The molecular formula is C14H13N3O. The van der Waals surface area contributed by atoms with Crippen molar-refractivity contribution in [2.45, 2.75) is 18.9 Å². The first-order valence-corrected chi connectivity index (χ1v) is 5.82. The molecule has 0 bridgehead atoms. The van der Waals surface area contributed by atoms with Crippen molar-refractivity contribution in [3.63, 3.8) is 0 Å². The molecule has 1 aromatic carbocycles. The Kier molecular flexibility index (Phi) is 3.83. The summed E-state index contributed by atoms with van der Waals surface area (Å²) in [5, 5.41) is 21.0. The fourth-order valence-corrected chi connectivity index (χ4v) is 1.81. The van der Waals surface area contributed by atoms with Gasteiger partial charge in [0.1, 0.15) is 18.2 Å². The van der Waals surface area contributed by atoms with Gasteiger partial charge in [0, 0.05) is 5.69 Å². The predicted octanol–water partition coefficient (Wildman–Crippen LogP) is 2.53. The van der Waals surface area contributed by atoms with E-state index in [2.05, 4.69) is 5.32 Å². The highest BCUT2D eigenvalue weighted by Gasteiger charge is 2.10. The van der Waals surface area contributed by atoms with Gasteiger partial charge in [0.2, 0.25) is 0 Å². The lowest BCUT2D eigenvalue weighted by Crippen LogP contribution is -2.22. The van der Waals surface area contributed by atoms with Gasteiger partial charge in [-0.2, -0.15) is 10.5 Å². The number of allylic oxidation sites excluding steroid dienone is 1. The number of nitriles is 2. The highest BCUT2D eigenvalue weighted by atomic mass is 16.5. The maximum atomic E-state index is 8.93. The van der Waals surface area contributed by atoms with E-state index in [-0.39, 0.29) is 6.10 Å². The summed E-state index contributed by atoms with van der Waals surface area (Å²) in [5.41, 5.74) is 1.63. The second kappa shape index (κ2) is 5.75. The predicted molar refractivity (Wildman–Crippen MR) is 67.6 cm³/mol. The van der Waals surface area contributed by atoms with Crippen LogP contribution in [-0.2, 0) is 4.74 Å². The van der Waals surface area contributed by atoms with Gasteiger partial charge in [0.25, 0.3) is 0 Å². The lowest BCUT2D eigenvalue weighted by atomic mass is 10.1. The van der Waals surface area contributed by atoms with Gasteiger partial charge in [0.05, 0.1) is 23.9 Å². The molecule has 0 radical (unpaired) electrons. The molecule has 0 amide bonds. The van der Waals surface area contributed by atoms with Gasteiger partial charge >= 0.3 is 0 Å². The number of nitrogens with zero attached hydrogens (tertiary/aromatic N) is 2. The van der Waals surface area contributed by atoms with Crippen LogP contribution in [-0.4, -0.2) is 12.6 Å². The number of hydrogen-bond donors (Lipinski definition) is 1. The molecule has 90 valence electrons. The Labute approximate surface area is 106 Å². The standard InChI is InChI=1S/C14H13N3O/c15-8-11-4-5-13(7-12(11)9-16)17-10-14-3-1-2-6-18-14/h2,4-7,14,17H,1,3,10H2. The van der Waals surface area contributed by atoms with Crippen LogP contribution >= 0.6 is 0 Å². The summed E-state index contributed by atoms with van der Waals surface area (Å²) in [4.78, 5) is 0. The third-order valence-corrected chi connectivity index (χ3v) is 2.82. The first-order chi connectivity index (χ1) is 8.83. The summed E-state index contributed by atoms with van der Waals surface area (Å²) in [6.45, 7) is 0.696. The zero-order valence-electron chi connectivity index (χ0n) is 9.89. The van der Waals surface area contributed by atoms with E-state index >= 15 is 0 Å². The Bertz CT molecular complexity index is 537. The quantitative estimate of drug-likeness (QED) is 0.880. The number of benzene rings is 1. The molecule has 1 N–H and O–H groups in total. The van der Waals surface area contributed by atoms with Crippen molar-refractivity contribution in [3.8, 4) is 12.1 Å². The first-order valence-electron chi connectivity index (χ1n) is 5.82. The van der Waals surface area contributed by atoms with E-state index in [9.17, 15) is 0 Å². The monoisotopic (exact) mass is 239 g/mol. The summed E-state index contributed by atoms with van der Waals surface area (Å²) < 4.78 is 5.44. The minimum atomic E-state index is 0.163. The Balaban J connectivity index is 2.00. The zero-order valence-corrected chi connectivity index (χ0v) is 9.89. The Hall–Kier alpha value is -2.46. The van der Waals surface area contributed by atoms with Gasteiger partial charge < -0.3 is 10.1 Å². The summed E-state index contributed by atoms with van der Waals surface area (Å²) in [6, 6.07) is 9.17. The lowest BCUT2D eigenvalue weighted by Gasteiger charge is -2.20. The van der Waals surface area contributed by atoms with Crippen molar-refractivity contribution in [1.82, 2.24) is 0 Å². The first kappa shape index (κ1) is 12.0. The molecule has 0 saturated heterocycles. The van der Waals surface area contributed by atoms with Crippen LogP contribution in [0.2, 0.25) is 0 Å². The maximum Gasteiger partial charge on any atom is 0.115 e. The molecule has 0 aromatic heterocycles. The van der Waals surface area contributed by atoms with Gasteiger partial charge in [0.15, 0.2) is 0 Å². The van der Waals surface area contributed by atoms with Gasteiger partial charge in [-0.15, -0.1) is 0 Å². The third-order valence-electron chi connectivity index (χ3n) is 2.82. The van der Waals surface area contributed by atoms with Crippen molar-refractivity contribution >= 4 is 5.69 Å². The molecular weight excluding hydrogens is 226 g/mol. The average Bonchev–Trinajstić information content (AvgIpc) is 2.45. The van der Waals surface area contributed by atoms with Crippen LogP contribution in [0.1, 0.15) is 24.0 Å². The van der Waals surface area contributed by atoms with Crippen LogP contribution in [0, 0.1) is 22.7 Å². The lowest BCUT2D eigenvalue weighted by molar-refractivity contribution is 0.135. The SMILES string of the molecule is N#Cc1ccc(NCC2CCC=CO2)cc1C#N. The Morgan fingerprint density at radius 3 is 2.78 bits per heavy atom. The molecule has 1 aliphatic rings. The fourth-order valence-electron chi connectivity index (χ4n) is 1.81. The largest absolute Gasteiger partial charge is 0.497 e. The van der Waals surface area contributed by atoms with Gasteiger partial charge in [-0.3, -0.25) is 0 Å². The van der Waals surface area contributed by atoms with Gasteiger partial charge in [-0.25, -0.2) is 0 Å². The Morgan fingerprint density at radius 1 is 1.28 bits per heavy atom. The molecule has 1 aliphatic heterocycles. The molecule has 1 atom stereocenters. The number of hydrogen-bond acceptors (Lipinski definition) is 4. The molecule has 2 rings (SSSR count). The van der Waals surface area contributed by atoms with Crippen molar-refractivity contribution in [2.24, 2.45) is 0 Å². The van der Waals surface area contributed by atoms with Crippen molar-refractivity contribution < 1.29 is 4.74 Å². The van der Waals surface area contributed by atoms with E-state index in [0.29, 0.717) is 17.7 Å². The molecule has 4 heteroatoms. The van der Waals surface area contributed by atoms with E-state index in [1.165, 1.54) is 0 Å². The summed E-state index contributed by atoms with van der Waals surface area (Å²) in [6.07, 6.45) is 5.92. The van der Waals surface area contributed by atoms with Crippen molar-refractivity contribution in [3.05, 3.63) is 41.7 Å². The molecule has 0 fully saturated rings. The second-order valence-electron chi connectivity index (χ2n) is 4.07. The molecule has 4 nitrogen and oxygen atoms in total. The summed E-state index contributed by atoms with van der Waals surface area (Å²) in [5.74, 6) is 0. The van der Waals surface area contributed by atoms with Crippen LogP contribution in [0.5, 0.6) is 0 Å². The number of ether oxygens (including phenoxy) is 1. The van der Waals surface area contributed by atoms with Crippen LogP contribution in [0.15, 0.2) is 30.5 Å². The minimum Gasteiger partial charge on any atom is -0.497 e.